The van der Waals surface area contributed by atoms with Crippen LogP contribution in [-0.4, -0.2) is 13.1 Å². The van der Waals surface area contributed by atoms with Gasteiger partial charge < -0.3 is 11.5 Å². The molecule has 0 amide bonds. The van der Waals surface area contributed by atoms with E-state index in [-0.39, 0.29) is 0 Å². The van der Waals surface area contributed by atoms with Gasteiger partial charge in [0.2, 0.25) is 0 Å². The highest BCUT2D eigenvalue weighted by Gasteiger charge is 1.99. The van der Waals surface area contributed by atoms with E-state index >= 15 is 0 Å². The molecule has 0 saturated heterocycles. The zero-order chi connectivity index (χ0) is 14.9. The Morgan fingerprint density at radius 1 is 0.750 bits per heavy atom. The zero-order valence-electron chi connectivity index (χ0n) is 13.4. The molecule has 0 bridgehead atoms. The van der Waals surface area contributed by atoms with Gasteiger partial charge in [0.15, 0.2) is 0 Å². The van der Waals surface area contributed by atoms with E-state index in [4.69, 9.17) is 11.5 Å². The van der Waals surface area contributed by atoms with Crippen molar-refractivity contribution in [2.24, 2.45) is 17.4 Å². The normalized spacial score (nSPS) is 12.9. The molecule has 118 valence electrons. The Morgan fingerprint density at radius 2 is 1.30 bits per heavy atom. The van der Waals surface area contributed by atoms with E-state index in [0.717, 1.165) is 13.1 Å². The van der Waals surface area contributed by atoms with Crippen LogP contribution in [-0.2, 0) is 0 Å². The van der Waals surface area contributed by atoms with Crippen molar-refractivity contribution in [1.29, 1.82) is 0 Å². The minimum Gasteiger partial charge on any atom is -0.330 e. The third-order valence-corrected chi connectivity index (χ3v) is 3.75. The standard InChI is InChI=1S/C18H36N2/c1-2-18(15-11-7-9-13-17-20)14-10-6-4-3-5-8-12-16-19/h2,10,14,18H,1,3-9,11-13,15-17,19-20H2. The second-order valence-corrected chi connectivity index (χ2v) is 5.66. The van der Waals surface area contributed by atoms with Crippen LogP contribution >= 0.6 is 0 Å². The van der Waals surface area contributed by atoms with Crippen molar-refractivity contribution < 1.29 is 0 Å². The third kappa shape index (κ3) is 13.8. The van der Waals surface area contributed by atoms with Crippen LogP contribution in [0, 0.1) is 5.92 Å². The first kappa shape index (κ1) is 19.4. The number of hydrogen-bond acceptors (Lipinski definition) is 2. The molecule has 0 aromatic carbocycles. The lowest BCUT2D eigenvalue weighted by molar-refractivity contribution is 0.580. The van der Waals surface area contributed by atoms with E-state index in [9.17, 15) is 0 Å². The highest BCUT2D eigenvalue weighted by molar-refractivity contribution is 4.96. The van der Waals surface area contributed by atoms with Crippen LogP contribution in [0.2, 0.25) is 0 Å². The summed E-state index contributed by atoms with van der Waals surface area (Å²) in [5.74, 6) is 0.560. The average Bonchev–Trinajstić information content (AvgIpc) is 2.47. The van der Waals surface area contributed by atoms with Gasteiger partial charge in [0.25, 0.3) is 0 Å². The van der Waals surface area contributed by atoms with Crippen molar-refractivity contribution in [1.82, 2.24) is 0 Å². The molecule has 0 spiro atoms. The van der Waals surface area contributed by atoms with Crippen LogP contribution in [0.4, 0.5) is 0 Å². The highest BCUT2D eigenvalue weighted by Crippen LogP contribution is 2.14. The molecule has 20 heavy (non-hydrogen) atoms. The van der Waals surface area contributed by atoms with E-state index in [1.54, 1.807) is 0 Å². The first-order valence-electron chi connectivity index (χ1n) is 8.54. The summed E-state index contributed by atoms with van der Waals surface area (Å²) in [5, 5.41) is 0. The Labute approximate surface area is 126 Å². The van der Waals surface area contributed by atoms with Crippen LogP contribution in [0.5, 0.6) is 0 Å². The maximum absolute atomic E-state index is 5.50. The van der Waals surface area contributed by atoms with Gasteiger partial charge in [-0.25, -0.2) is 0 Å². The van der Waals surface area contributed by atoms with Crippen molar-refractivity contribution in [3.63, 3.8) is 0 Å². The van der Waals surface area contributed by atoms with Gasteiger partial charge in [-0.3, -0.25) is 0 Å². The zero-order valence-corrected chi connectivity index (χ0v) is 13.4. The second-order valence-electron chi connectivity index (χ2n) is 5.66. The van der Waals surface area contributed by atoms with Gasteiger partial charge >= 0.3 is 0 Å². The minimum atomic E-state index is 0.560. The highest BCUT2D eigenvalue weighted by atomic mass is 14.5. The molecule has 0 heterocycles. The first-order valence-corrected chi connectivity index (χ1v) is 8.54. The average molecular weight is 280 g/mol. The van der Waals surface area contributed by atoms with Gasteiger partial charge in [-0.15, -0.1) is 6.58 Å². The quantitative estimate of drug-likeness (QED) is 0.341. The summed E-state index contributed by atoms with van der Waals surface area (Å²) in [5.41, 5.74) is 11.0. The molecule has 0 aromatic heterocycles. The molecule has 0 aliphatic heterocycles. The molecule has 0 fully saturated rings. The van der Waals surface area contributed by atoms with Crippen molar-refractivity contribution in [2.45, 2.75) is 70.6 Å². The smallest absolute Gasteiger partial charge is 0.00562 e. The van der Waals surface area contributed by atoms with Crippen LogP contribution in [0.1, 0.15) is 70.6 Å². The monoisotopic (exact) mass is 280 g/mol. The molecule has 0 rings (SSSR count). The van der Waals surface area contributed by atoms with Gasteiger partial charge in [-0.05, 0) is 51.1 Å². The Hall–Kier alpha value is -0.600. The number of allylic oxidation sites excluding steroid dienone is 3. The second kappa shape index (κ2) is 16.5. The summed E-state index contributed by atoms with van der Waals surface area (Å²) in [6, 6.07) is 0. The molecule has 1 atom stereocenters. The summed E-state index contributed by atoms with van der Waals surface area (Å²) < 4.78 is 0. The summed E-state index contributed by atoms with van der Waals surface area (Å²) in [6.45, 7) is 5.61. The molecule has 1 unspecified atom stereocenters. The molecular formula is C18H36N2. The SMILES string of the molecule is C=CC(C=CCCCCCCCN)CCCCCCN. The van der Waals surface area contributed by atoms with Crippen LogP contribution in [0.15, 0.2) is 24.8 Å². The van der Waals surface area contributed by atoms with Crippen molar-refractivity contribution >= 4 is 0 Å². The predicted octanol–water partition coefficient (Wildman–Crippen LogP) is 4.55. The van der Waals surface area contributed by atoms with Crippen molar-refractivity contribution in [3.8, 4) is 0 Å². The lowest BCUT2D eigenvalue weighted by Crippen LogP contribution is -1.98. The topological polar surface area (TPSA) is 52.0 Å². The summed E-state index contributed by atoms with van der Waals surface area (Å²) in [6.07, 6.45) is 20.7. The van der Waals surface area contributed by atoms with Gasteiger partial charge in [-0.2, -0.15) is 0 Å². The van der Waals surface area contributed by atoms with E-state index < -0.39 is 0 Å². The molecule has 0 aromatic rings. The van der Waals surface area contributed by atoms with Gasteiger partial charge in [0.1, 0.15) is 0 Å². The summed E-state index contributed by atoms with van der Waals surface area (Å²) in [4.78, 5) is 0. The first-order chi connectivity index (χ1) is 9.85. The van der Waals surface area contributed by atoms with Gasteiger partial charge in [-0.1, -0.05) is 56.8 Å². The maximum Gasteiger partial charge on any atom is -0.00562 e. The van der Waals surface area contributed by atoms with E-state index in [2.05, 4.69) is 24.8 Å². The summed E-state index contributed by atoms with van der Waals surface area (Å²) in [7, 11) is 0. The molecule has 2 heteroatoms. The Bertz CT molecular complexity index is 223. The molecule has 0 saturated carbocycles. The largest absolute Gasteiger partial charge is 0.330 e. The molecule has 0 radical (unpaired) electrons. The molecule has 0 aliphatic rings. The van der Waals surface area contributed by atoms with E-state index in [1.807, 2.05) is 0 Å². The predicted molar refractivity (Wildman–Crippen MR) is 91.7 cm³/mol. The Balaban J connectivity index is 3.46. The van der Waals surface area contributed by atoms with Gasteiger partial charge in [0, 0.05) is 0 Å². The number of hydrogen-bond donors (Lipinski definition) is 2. The Morgan fingerprint density at radius 3 is 1.90 bits per heavy atom. The van der Waals surface area contributed by atoms with Gasteiger partial charge in [0.05, 0.1) is 0 Å². The number of rotatable bonds is 15. The maximum atomic E-state index is 5.50. The summed E-state index contributed by atoms with van der Waals surface area (Å²) >= 11 is 0. The molecular weight excluding hydrogens is 244 g/mol. The number of unbranched alkanes of at least 4 members (excludes halogenated alkanes) is 8. The minimum absolute atomic E-state index is 0.560. The number of nitrogens with two attached hydrogens (primary N) is 2. The van der Waals surface area contributed by atoms with Crippen molar-refractivity contribution in [3.05, 3.63) is 24.8 Å². The van der Waals surface area contributed by atoms with Crippen LogP contribution < -0.4 is 11.5 Å². The Kier molecular flexibility index (Phi) is 16.0. The van der Waals surface area contributed by atoms with E-state index in [0.29, 0.717) is 5.92 Å². The fourth-order valence-corrected chi connectivity index (χ4v) is 2.38. The fraction of sp³-hybridized carbons (Fsp3) is 0.778. The van der Waals surface area contributed by atoms with E-state index in [1.165, 1.54) is 70.6 Å². The molecule has 4 N–H and O–H groups in total. The fourth-order valence-electron chi connectivity index (χ4n) is 2.38. The molecule has 0 aliphatic carbocycles. The third-order valence-electron chi connectivity index (χ3n) is 3.75. The lowest BCUT2D eigenvalue weighted by Gasteiger charge is -2.07. The van der Waals surface area contributed by atoms with Crippen LogP contribution in [0.25, 0.3) is 0 Å². The van der Waals surface area contributed by atoms with Crippen molar-refractivity contribution in [2.75, 3.05) is 13.1 Å². The molecule has 2 nitrogen and oxygen atoms in total. The van der Waals surface area contributed by atoms with Crippen LogP contribution in [0.3, 0.4) is 0 Å². The lowest BCUT2D eigenvalue weighted by atomic mass is 9.99.